The van der Waals surface area contributed by atoms with Crippen LogP contribution in [-0.4, -0.2) is 24.9 Å². The highest BCUT2D eigenvalue weighted by Crippen LogP contribution is 2.31. The SMILES string of the molecule is CC(CO)CNC1CCOc2ccccc21. The normalized spacial score (nSPS) is 21.0. The second kappa shape index (κ2) is 5.32. The summed E-state index contributed by atoms with van der Waals surface area (Å²) in [6.45, 7) is 3.88. The maximum absolute atomic E-state index is 8.99. The molecule has 0 spiro atoms. The van der Waals surface area contributed by atoms with E-state index in [-0.39, 0.29) is 6.61 Å². The van der Waals surface area contributed by atoms with Crippen LogP contribution >= 0.6 is 0 Å². The van der Waals surface area contributed by atoms with Crippen LogP contribution in [0.1, 0.15) is 24.9 Å². The fourth-order valence-corrected chi connectivity index (χ4v) is 1.96. The molecule has 0 amide bonds. The second-order valence-corrected chi connectivity index (χ2v) is 4.42. The van der Waals surface area contributed by atoms with Crippen LogP contribution in [0.2, 0.25) is 0 Å². The Labute approximate surface area is 96.4 Å². The van der Waals surface area contributed by atoms with Crippen molar-refractivity contribution in [3.05, 3.63) is 29.8 Å². The van der Waals surface area contributed by atoms with Crippen LogP contribution in [0.25, 0.3) is 0 Å². The van der Waals surface area contributed by atoms with E-state index in [0.29, 0.717) is 12.0 Å². The van der Waals surface area contributed by atoms with Crippen LogP contribution < -0.4 is 10.1 Å². The van der Waals surface area contributed by atoms with E-state index in [1.54, 1.807) is 0 Å². The summed E-state index contributed by atoms with van der Waals surface area (Å²) in [6.07, 6.45) is 0.995. The van der Waals surface area contributed by atoms with Gasteiger partial charge in [-0.15, -0.1) is 0 Å². The average molecular weight is 221 g/mol. The standard InChI is InChI=1S/C13H19NO2/c1-10(9-15)8-14-12-6-7-16-13-5-3-2-4-11(12)13/h2-5,10,12,14-15H,6-9H2,1H3. The van der Waals surface area contributed by atoms with E-state index in [0.717, 1.165) is 25.3 Å². The zero-order chi connectivity index (χ0) is 11.4. The highest BCUT2D eigenvalue weighted by molar-refractivity contribution is 5.37. The number of hydrogen-bond donors (Lipinski definition) is 2. The van der Waals surface area contributed by atoms with Crippen LogP contribution in [0, 0.1) is 5.92 Å². The molecule has 2 N–H and O–H groups in total. The quantitative estimate of drug-likeness (QED) is 0.813. The first-order chi connectivity index (χ1) is 7.81. The molecule has 0 saturated carbocycles. The van der Waals surface area contributed by atoms with Gasteiger partial charge in [-0.05, 0) is 12.0 Å². The van der Waals surface area contributed by atoms with E-state index in [1.807, 2.05) is 25.1 Å². The van der Waals surface area contributed by atoms with Gasteiger partial charge in [0.15, 0.2) is 0 Å². The third kappa shape index (κ3) is 2.54. The van der Waals surface area contributed by atoms with Crippen molar-refractivity contribution in [3.63, 3.8) is 0 Å². The van der Waals surface area contributed by atoms with E-state index in [2.05, 4.69) is 11.4 Å². The van der Waals surface area contributed by atoms with Crippen molar-refractivity contribution in [2.24, 2.45) is 5.92 Å². The minimum Gasteiger partial charge on any atom is -0.493 e. The smallest absolute Gasteiger partial charge is 0.124 e. The zero-order valence-electron chi connectivity index (χ0n) is 9.65. The molecule has 0 aliphatic carbocycles. The Morgan fingerprint density at radius 2 is 2.31 bits per heavy atom. The van der Waals surface area contributed by atoms with Crippen LogP contribution in [0.3, 0.4) is 0 Å². The molecule has 3 nitrogen and oxygen atoms in total. The van der Waals surface area contributed by atoms with E-state index < -0.39 is 0 Å². The average Bonchev–Trinajstić information content (AvgIpc) is 2.35. The van der Waals surface area contributed by atoms with Gasteiger partial charge in [-0.1, -0.05) is 25.1 Å². The van der Waals surface area contributed by atoms with E-state index in [1.165, 1.54) is 5.56 Å². The van der Waals surface area contributed by atoms with Gasteiger partial charge in [-0.3, -0.25) is 0 Å². The monoisotopic (exact) mass is 221 g/mol. The zero-order valence-corrected chi connectivity index (χ0v) is 9.65. The van der Waals surface area contributed by atoms with Gasteiger partial charge >= 0.3 is 0 Å². The number of rotatable bonds is 4. The molecule has 1 aromatic carbocycles. The van der Waals surface area contributed by atoms with Crippen molar-refractivity contribution in [1.29, 1.82) is 0 Å². The van der Waals surface area contributed by atoms with Crippen LogP contribution in [0.5, 0.6) is 5.75 Å². The topological polar surface area (TPSA) is 41.5 Å². The Morgan fingerprint density at radius 3 is 3.12 bits per heavy atom. The molecular weight excluding hydrogens is 202 g/mol. The fourth-order valence-electron chi connectivity index (χ4n) is 1.96. The van der Waals surface area contributed by atoms with Crippen molar-refractivity contribution in [1.82, 2.24) is 5.32 Å². The van der Waals surface area contributed by atoms with Crippen molar-refractivity contribution >= 4 is 0 Å². The molecule has 88 valence electrons. The molecule has 2 atom stereocenters. The Balaban J connectivity index is 2.01. The number of fused-ring (bicyclic) bond motifs is 1. The lowest BCUT2D eigenvalue weighted by Crippen LogP contribution is -2.31. The lowest BCUT2D eigenvalue weighted by Gasteiger charge is -2.27. The van der Waals surface area contributed by atoms with Crippen molar-refractivity contribution < 1.29 is 9.84 Å². The number of nitrogens with one attached hydrogen (secondary N) is 1. The number of ether oxygens (including phenoxy) is 1. The van der Waals surface area contributed by atoms with Gasteiger partial charge < -0.3 is 15.2 Å². The Bertz CT molecular complexity index is 340. The summed E-state index contributed by atoms with van der Waals surface area (Å²) in [4.78, 5) is 0. The summed E-state index contributed by atoms with van der Waals surface area (Å²) in [5, 5.41) is 12.5. The van der Waals surface area contributed by atoms with Crippen molar-refractivity contribution in [2.45, 2.75) is 19.4 Å². The van der Waals surface area contributed by atoms with Gasteiger partial charge in [0.25, 0.3) is 0 Å². The summed E-state index contributed by atoms with van der Waals surface area (Å²) >= 11 is 0. The summed E-state index contributed by atoms with van der Waals surface area (Å²) in [5.74, 6) is 1.29. The summed E-state index contributed by atoms with van der Waals surface area (Å²) < 4.78 is 5.60. The van der Waals surface area contributed by atoms with E-state index >= 15 is 0 Å². The number of para-hydroxylation sites is 1. The molecule has 1 aliphatic rings. The van der Waals surface area contributed by atoms with E-state index in [4.69, 9.17) is 9.84 Å². The van der Waals surface area contributed by atoms with Crippen molar-refractivity contribution in [2.75, 3.05) is 19.8 Å². The number of aliphatic hydroxyl groups is 1. The summed E-state index contributed by atoms with van der Waals surface area (Å²) in [6, 6.07) is 8.52. The maximum atomic E-state index is 8.99. The highest BCUT2D eigenvalue weighted by atomic mass is 16.5. The number of hydrogen-bond acceptors (Lipinski definition) is 3. The van der Waals surface area contributed by atoms with Gasteiger partial charge in [-0.25, -0.2) is 0 Å². The first-order valence-corrected chi connectivity index (χ1v) is 5.87. The largest absolute Gasteiger partial charge is 0.493 e. The van der Waals surface area contributed by atoms with Gasteiger partial charge in [0.1, 0.15) is 5.75 Å². The molecule has 0 aromatic heterocycles. The maximum Gasteiger partial charge on any atom is 0.124 e. The highest BCUT2D eigenvalue weighted by Gasteiger charge is 2.20. The minimum absolute atomic E-state index is 0.234. The van der Waals surface area contributed by atoms with Crippen LogP contribution in [-0.2, 0) is 0 Å². The third-order valence-corrected chi connectivity index (χ3v) is 2.98. The molecule has 0 fully saturated rings. The first-order valence-electron chi connectivity index (χ1n) is 5.87. The van der Waals surface area contributed by atoms with Gasteiger partial charge in [0, 0.05) is 31.2 Å². The lowest BCUT2D eigenvalue weighted by molar-refractivity contribution is 0.216. The van der Waals surface area contributed by atoms with Gasteiger partial charge in [0.05, 0.1) is 6.61 Å². The predicted octanol–water partition coefficient (Wildman–Crippen LogP) is 1.73. The van der Waals surface area contributed by atoms with Crippen LogP contribution in [0.4, 0.5) is 0 Å². The molecular formula is C13H19NO2. The van der Waals surface area contributed by atoms with Crippen molar-refractivity contribution in [3.8, 4) is 5.75 Å². The number of aliphatic hydroxyl groups excluding tert-OH is 1. The molecule has 3 heteroatoms. The van der Waals surface area contributed by atoms with E-state index in [9.17, 15) is 0 Å². The molecule has 1 aliphatic heterocycles. The molecule has 1 aromatic rings. The summed E-state index contributed by atoms with van der Waals surface area (Å²) in [7, 11) is 0. The third-order valence-electron chi connectivity index (χ3n) is 2.98. The summed E-state index contributed by atoms with van der Waals surface area (Å²) in [5.41, 5.74) is 1.24. The molecule has 0 bridgehead atoms. The lowest BCUT2D eigenvalue weighted by atomic mass is 10.00. The molecule has 0 radical (unpaired) electrons. The molecule has 1 heterocycles. The predicted molar refractivity (Wildman–Crippen MR) is 63.5 cm³/mol. The number of benzene rings is 1. The van der Waals surface area contributed by atoms with Crippen LogP contribution in [0.15, 0.2) is 24.3 Å². The molecule has 16 heavy (non-hydrogen) atoms. The molecule has 0 saturated heterocycles. The Morgan fingerprint density at radius 1 is 1.50 bits per heavy atom. The first kappa shape index (κ1) is 11.4. The second-order valence-electron chi connectivity index (χ2n) is 4.42. The van der Waals surface area contributed by atoms with Gasteiger partial charge in [-0.2, -0.15) is 0 Å². The Hall–Kier alpha value is -1.06. The molecule has 2 rings (SSSR count). The molecule has 2 unspecified atom stereocenters. The minimum atomic E-state index is 0.234. The van der Waals surface area contributed by atoms with Gasteiger partial charge in [0.2, 0.25) is 0 Å². The Kier molecular flexibility index (Phi) is 3.80. The fraction of sp³-hybridized carbons (Fsp3) is 0.538.